The van der Waals surface area contributed by atoms with Gasteiger partial charge < -0.3 is 10.2 Å². The lowest BCUT2D eigenvalue weighted by molar-refractivity contribution is 0.280. The van der Waals surface area contributed by atoms with Crippen LogP contribution in [-0.4, -0.2) is 28.2 Å². The van der Waals surface area contributed by atoms with Crippen molar-refractivity contribution < 1.29 is 10.2 Å². The number of phenols is 2. The first-order valence-corrected chi connectivity index (χ1v) is 10.4. The normalized spacial score (nSPS) is 17.1. The van der Waals surface area contributed by atoms with Crippen molar-refractivity contribution in [2.24, 2.45) is 0 Å². The second-order valence-electron chi connectivity index (χ2n) is 10.2. The van der Waals surface area contributed by atoms with Crippen LogP contribution in [0, 0.1) is 0 Å². The Morgan fingerprint density at radius 3 is 1.64 bits per heavy atom. The van der Waals surface area contributed by atoms with Crippen molar-refractivity contribution in [2.75, 3.05) is 13.1 Å². The van der Waals surface area contributed by atoms with Gasteiger partial charge in [-0.2, -0.15) is 0 Å². The number of benzene rings is 2. The molecule has 0 bridgehead atoms. The van der Waals surface area contributed by atoms with Crippen molar-refractivity contribution in [3.05, 3.63) is 58.7 Å². The van der Waals surface area contributed by atoms with E-state index in [0.29, 0.717) is 11.5 Å². The molecular weight excluding hydrogens is 346 g/mol. The fourth-order valence-electron chi connectivity index (χ4n) is 4.23. The zero-order chi connectivity index (χ0) is 20.7. The fraction of sp³-hybridized carbons (Fsp3) is 0.520. The van der Waals surface area contributed by atoms with E-state index < -0.39 is 0 Å². The Kier molecular flexibility index (Phi) is 5.51. The van der Waals surface area contributed by atoms with Crippen LogP contribution in [0.3, 0.4) is 0 Å². The van der Waals surface area contributed by atoms with E-state index in [9.17, 15) is 10.2 Å². The minimum atomic E-state index is -0.148. The lowest BCUT2D eigenvalue weighted by Gasteiger charge is -2.33. The summed E-state index contributed by atoms with van der Waals surface area (Å²) in [7, 11) is 0. The Labute approximate surface area is 170 Å². The van der Waals surface area contributed by atoms with Crippen molar-refractivity contribution in [2.45, 2.75) is 71.3 Å². The van der Waals surface area contributed by atoms with Crippen LogP contribution >= 0.6 is 0 Å². The van der Waals surface area contributed by atoms with Crippen molar-refractivity contribution in [3.8, 4) is 11.5 Å². The summed E-state index contributed by atoms with van der Waals surface area (Å²) in [4.78, 5) is 2.53. The van der Waals surface area contributed by atoms with Gasteiger partial charge in [0.15, 0.2) is 0 Å². The number of phenolic OH excluding ortho intramolecular Hbond substituents is 2. The predicted octanol–water partition coefficient (Wildman–Crippen LogP) is 5.88. The van der Waals surface area contributed by atoms with Crippen LogP contribution in [0.4, 0.5) is 0 Å². The monoisotopic (exact) mass is 381 g/mol. The van der Waals surface area contributed by atoms with Crippen molar-refractivity contribution in [3.63, 3.8) is 0 Å². The third kappa shape index (κ3) is 4.20. The van der Waals surface area contributed by atoms with Crippen molar-refractivity contribution in [1.82, 2.24) is 4.90 Å². The second kappa shape index (κ2) is 7.44. The summed E-state index contributed by atoms with van der Waals surface area (Å²) < 4.78 is 0. The quantitative estimate of drug-likeness (QED) is 0.698. The summed E-state index contributed by atoms with van der Waals surface area (Å²) >= 11 is 0. The Balaban J connectivity index is 2.23. The second-order valence-corrected chi connectivity index (χ2v) is 10.2. The van der Waals surface area contributed by atoms with Gasteiger partial charge in [0.1, 0.15) is 11.5 Å². The van der Waals surface area contributed by atoms with Gasteiger partial charge in [0.25, 0.3) is 0 Å². The Morgan fingerprint density at radius 2 is 1.21 bits per heavy atom. The molecule has 2 N–H and O–H groups in total. The van der Waals surface area contributed by atoms with Gasteiger partial charge in [-0.1, -0.05) is 53.7 Å². The summed E-state index contributed by atoms with van der Waals surface area (Å²) in [6.45, 7) is 15.1. The van der Waals surface area contributed by atoms with Crippen LogP contribution in [0.25, 0.3) is 0 Å². The molecule has 0 radical (unpaired) electrons. The molecule has 3 rings (SSSR count). The van der Waals surface area contributed by atoms with E-state index >= 15 is 0 Å². The molecule has 0 aromatic heterocycles. The molecule has 1 atom stereocenters. The van der Waals surface area contributed by atoms with E-state index in [1.165, 1.54) is 24.0 Å². The number of hydrogen-bond donors (Lipinski definition) is 2. The molecule has 1 unspecified atom stereocenters. The number of hydrogen-bond acceptors (Lipinski definition) is 3. The van der Waals surface area contributed by atoms with Gasteiger partial charge in [0, 0.05) is 0 Å². The maximum absolute atomic E-state index is 11.1. The van der Waals surface area contributed by atoms with Crippen LogP contribution in [-0.2, 0) is 10.8 Å². The van der Waals surface area contributed by atoms with E-state index in [0.717, 1.165) is 24.2 Å². The van der Waals surface area contributed by atoms with Crippen LogP contribution in [0.1, 0.15) is 82.7 Å². The molecule has 2 aromatic rings. The molecule has 0 spiro atoms. The van der Waals surface area contributed by atoms with Crippen molar-refractivity contribution >= 4 is 0 Å². The molecular formula is C25H35NO2. The highest BCUT2D eigenvalue weighted by Crippen LogP contribution is 2.43. The predicted molar refractivity (Wildman–Crippen MR) is 116 cm³/mol. The SMILES string of the molecule is CC(C)(C)c1cc(C(c2ccc(O)cc2)N2CCCC2)cc(C(C)(C)C)c1O. The smallest absolute Gasteiger partial charge is 0.123 e. The molecule has 28 heavy (non-hydrogen) atoms. The molecule has 0 amide bonds. The third-order valence-electron chi connectivity index (χ3n) is 5.78. The van der Waals surface area contributed by atoms with E-state index in [1.54, 1.807) is 12.1 Å². The highest BCUT2D eigenvalue weighted by Gasteiger charge is 2.31. The number of rotatable bonds is 3. The molecule has 1 fully saturated rings. The summed E-state index contributed by atoms with van der Waals surface area (Å²) in [6.07, 6.45) is 2.43. The van der Waals surface area contributed by atoms with E-state index in [-0.39, 0.29) is 16.9 Å². The first-order chi connectivity index (χ1) is 13.0. The van der Waals surface area contributed by atoms with Gasteiger partial charge in [-0.3, -0.25) is 4.90 Å². The summed E-state index contributed by atoms with van der Waals surface area (Å²) in [6, 6.07) is 12.1. The maximum atomic E-state index is 11.1. The van der Waals surface area contributed by atoms with Gasteiger partial charge in [0.2, 0.25) is 0 Å². The van der Waals surface area contributed by atoms with Crippen molar-refractivity contribution in [1.29, 1.82) is 0 Å². The third-order valence-corrected chi connectivity index (χ3v) is 5.78. The minimum Gasteiger partial charge on any atom is -0.508 e. The maximum Gasteiger partial charge on any atom is 0.123 e. The summed E-state index contributed by atoms with van der Waals surface area (Å²) in [5.41, 5.74) is 4.11. The highest BCUT2D eigenvalue weighted by molar-refractivity contribution is 5.52. The standard InChI is InChI=1S/C25H35NO2/c1-24(2,3)20-15-18(16-21(23(20)28)25(4,5)6)22(26-13-7-8-14-26)17-9-11-19(27)12-10-17/h9-12,15-16,22,27-28H,7-8,13-14H2,1-6H3. The molecule has 3 heteroatoms. The Bertz CT molecular complexity index is 784. The van der Waals surface area contributed by atoms with E-state index in [4.69, 9.17) is 0 Å². The molecule has 152 valence electrons. The zero-order valence-electron chi connectivity index (χ0n) is 18.2. The Hall–Kier alpha value is -2.00. The zero-order valence-corrected chi connectivity index (χ0v) is 18.2. The molecule has 3 nitrogen and oxygen atoms in total. The lowest BCUT2D eigenvalue weighted by atomic mass is 9.77. The minimum absolute atomic E-state index is 0.130. The summed E-state index contributed by atoms with van der Waals surface area (Å²) in [5, 5.41) is 20.9. The molecule has 0 aliphatic carbocycles. The molecule has 0 saturated carbocycles. The van der Waals surface area contributed by atoms with E-state index in [1.807, 2.05) is 12.1 Å². The number of aromatic hydroxyl groups is 2. The molecule has 2 aromatic carbocycles. The molecule has 1 saturated heterocycles. The molecule has 1 heterocycles. The van der Waals surface area contributed by atoms with Gasteiger partial charge in [0.05, 0.1) is 6.04 Å². The Morgan fingerprint density at radius 1 is 0.750 bits per heavy atom. The summed E-state index contributed by atoms with van der Waals surface area (Å²) in [5.74, 6) is 0.718. The molecule has 1 aliphatic heterocycles. The van der Waals surface area contributed by atoms with Crippen LogP contribution < -0.4 is 0 Å². The number of likely N-dealkylation sites (tertiary alicyclic amines) is 1. The topological polar surface area (TPSA) is 43.7 Å². The first-order valence-electron chi connectivity index (χ1n) is 10.4. The lowest BCUT2D eigenvalue weighted by Crippen LogP contribution is -2.28. The average molecular weight is 382 g/mol. The first kappa shape index (κ1) is 20.7. The van der Waals surface area contributed by atoms with E-state index in [2.05, 4.69) is 58.6 Å². The largest absolute Gasteiger partial charge is 0.508 e. The average Bonchev–Trinajstić information content (AvgIpc) is 3.10. The number of nitrogens with zero attached hydrogens (tertiary/aromatic N) is 1. The molecule has 1 aliphatic rings. The van der Waals surface area contributed by atoms with Crippen LogP contribution in [0.5, 0.6) is 11.5 Å². The van der Waals surface area contributed by atoms with Gasteiger partial charge in [-0.25, -0.2) is 0 Å². The highest BCUT2D eigenvalue weighted by atomic mass is 16.3. The van der Waals surface area contributed by atoms with Gasteiger partial charge in [-0.15, -0.1) is 0 Å². The fourth-order valence-corrected chi connectivity index (χ4v) is 4.23. The van der Waals surface area contributed by atoms with Gasteiger partial charge >= 0.3 is 0 Å². The van der Waals surface area contributed by atoms with Crippen LogP contribution in [0.2, 0.25) is 0 Å². The van der Waals surface area contributed by atoms with Crippen LogP contribution in [0.15, 0.2) is 36.4 Å². The van der Waals surface area contributed by atoms with Gasteiger partial charge in [-0.05, 0) is 83.3 Å².